The first-order valence-electron chi connectivity index (χ1n) is 13.0. The number of hydrogen-bond donors (Lipinski definition) is 6. The molecule has 4 atom stereocenters. The van der Waals surface area contributed by atoms with Gasteiger partial charge in [-0.15, -0.1) is 0 Å². The summed E-state index contributed by atoms with van der Waals surface area (Å²) in [5.74, 6) is -5.59. The van der Waals surface area contributed by atoms with Gasteiger partial charge in [-0.1, -0.05) is 33.3 Å². The van der Waals surface area contributed by atoms with Gasteiger partial charge < -0.3 is 31.5 Å². The smallest absolute Gasteiger partial charge is 0.255 e. The van der Waals surface area contributed by atoms with E-state index >= 15 is 0 Å². The van der Waals surface area contributed by atoms with Crippen molar-refractivity contribution in [2.45, 2.75) is 64.6 Å². The van der Waals surface area contributed by atoms with Crippen LogP contribution in [0.2, 0.25) is 0 Å². The molecule has 38 heavy (non-hydrogen) atoms. The van der Waals surface area contributed by atoms with E-state index in [1.165, 1.54) is 11.0 Å². The number of likely N-dealkylation sites (N-methyl/N-ethyl adjacent to an activating group) is 1. The highest BCUT2D eigenvalue weighted by Crippen LogP contribution is 2.44. The number of nitrogens with one attached hydrogen (secondary N) is 1. The Hall–Kier alpha value is -3.21. The highest BCUT2D eigenvalue weighted by molar-refractivity contribution is 6.24. The van der Waals surface area contributed by atoms with Crippen LogP contribution < -0.4 is 11.1 Å². The fraction of sp³-hybridized carbons (Fsp3) is 0.536. The second-order valence-electron chi connectivity index (χ2n) is 10.5. The minimum atomic E-state index is -2.69. The summed E-state index contributed by atoms with van der Waals surface area (Å²) in [6.07, 6.45) is 1.41. The Kier molecular flexibility index (Phi) is 8.70. The number of benzene rings is 1. The monoisotopic (exact) mass is 529 g/mol. The number of ketones is 2. The van der Waals surface area contributed by atoms with E-state index in [0.717, 1.165) is 18.5 Å². The third kappa shape index (κ3) is 4.83. The summed E-state index contributed by atoms with van der Waals surface area (Å²) in [6, 6.07) is 2.13. The van der Waals surface area contributed by atoms with E-state index in [9.17, 15) is 34.8 Å². The molecule has 0 saturated carbocycles. The van der Waals surface area contributed by atoms with Gasteiger partial charge in [-0.3, -0.25) is 19.3 Å². The lowest BCUT2D eigenvalue weighted by molar-refractivity contribution is -0.145. The quantitative estimate of drug-likeness (QED) is 0.159. The molecule has 0 heterocycles. The van der Waals surface area contributed by atoms with Crippen LogP contribution in [0.25, 0.3) is 0 Å². The molecule has 10 nitrogen and oxygen atoms in total. The molecule has 3 rings (SSSR count). The predicted octanol–water partition coefficient (Wildman–Crippen LogP) is 2.04. The fourth-order valence-electron chi connectivity index (χ4n) is 5.64. The van der Waals surface area contributed by atoms with E-state index in [0.29, 0.717) is 18.0 Å². The van der Waals surface area contributed by atoms with Gasteiger partial charge in [-0.25, -0.2) is 0 Å². The first-order valence-corrected chi connectivity index (χ1v) is 13.0. The number of aliphatic hydroxyl groups excluding tert-OH is 2. The minimum Gasteiger partial charge on any atom is -0.510 e. The van der Waals surface area contributed by atoms with Gasteiger partial charge in [0.15, 0.2) is 11.4 Å². The average Bonchev–Trinajstić information content (AvgIpc) is 2.86. The average molecular weight is 530 g/mol. The van der Waals surface area contributed by atoms with Crippen LogP contribution in [-0.4, -0.2) is 75.1 Å². The maximum atomic E-state index is 13.7. The highest BCUT2D eigenvalue weighted by Gasteiger charge is 2.59. The molecular formula is C28H39N3O7. The van der Waals surface area contributed by atoms with Crippen LogP contribution >= 0.6 is 0 Å². The van der Waals surface area contributed by atoms with Crippen molar-refractivity contribution in [3.8, 4) is 5.75 Å². The maximum Gasteiger partial charge on any atom is 0.255 e. The van der Waals surface area contributed by atoms with Gasteiger partial charge in [0.1, 0.15) is 22.8 Å². The zero-order chi connectivity index (χ0) is 28.5. The lowest BCUT2D eigenvalue weighted by atomic mass is 9.66. The van der Waals surface area contributed by atoms with Crippen molar-refractivity contribution in [2.75, 3.05) is 20.6 Å². The fourth-order valence-corrected chi connectivity index (χ4v) is 5.64. The van der Waals surface area contributed by atoms with Crippen molar-refractivity contribution in [2.24, 2.45) is 17.6 Å². The molecule has 1 amide bonds. The van der Waals surface area contributed by atoms with Crippen molar-refractivity contribution in [3.05, 3.63) is 51.5 Å². The minimum absolute atomic E-state index is 0.000259. The van der Waals surface area contributed by atoms with Crippen LogP contribution in [0, 0.1) is 11.8 Å². The van der Waals surface area contributed by atoms with E-state index in [1.807, 2.05) is 0 Å². The molecule has 2 unspecified atom stereocenters. The number of fused-ring (bicyclic) bond motifs is 1. The van der Waals surface area contributed by atoms with Crippen molar-refractivity contribution >= 4 is 17.5 Å². The summed E-state index contributed by atoms with van der Waals surface area (Å²) in [4.78, 5) is 40.7. The van der Waals surface area contributed by atoms with Gasteiger partial charge >= 0.3 is 0 Å². The number of rotatable bonds is 9. The first-order chi connectivity index (χ1) is 17.8. The van der Waals surface area contributed by atoms with Crippen LogP contribution in [0.5, 0.6) is 5.75 Å². The molecule has 2 aliphatic rings. The molecule has 0 fully saturated rings. The highest BCUT2D eigenvalue weighted by atomic mass is 16.3. The third-order valence-electron chi connectivity index (χ3n) is 7.94. The van der Waals surface area contributed by atoms with Gasteiger partial charge in [0.25, 0.3) is 5.91 Å². The Labute approximate surface area is 222 Å². The van der Waals surface area contributed by atoms with Crippen LogP contribution in [-0.2, 0) is 22.6 Å². The zero-order valence-corrected chi connectivity index (χ0v) is 22.7. The molecule has 0 radical (unpaired) electrons. The number of carbonyl (C=O) groups excluding carboxylic acids is 3. The SMILES string of the molecule is CCC(C)CNCc1ccc(O)c2c1CC/C(=C(/O)[C@]1(O)C(=O)C(C(N)=O)=C(O)[C@@H](N(C)C)C1CC)C2=O. The molecule has 2 aliphatic carbocycles. The number of primary amides is 1. The van der Waals surface area contributed by atoms with Crippen LogP contribution in [0.15, 0.2) is 34.8 Å². The lowest BCUT2D eigenvalue weighted by Crippen LogP contribution is -2.61. The summed E-state index contributed by atoms with van der Waals surface area (Å²) < 4.78 is 0. The van der Waals surface area contributed by atoms with Crippen molar-refractivity contribution < 1.29 is 34.8 Å². The second-order valence-corrected chi connectivity index (χ2v) is 10.5. The van der Waals surface area contributed by atoms with E-state index in [1.54, 1.807) is 27.1 Å². The molecule has 208 valence electrons. The Bertz CT molecular complexity index is 1200. The molecule has 0 aromatic heterocycles. The predicted molar refractivity (Wildman–Crippen MR) is 142 cm³/mol. The topological polar surface area (TPSA) is 173 Å². The molecule has 0 aliphatic heterocycles. The number of aliphatic hydroxyl groups is 3. The Morgan fingerprint density at radius 1 is 1.21 bits per heavy atom. The number of allylic oxidation sites excluding steroid dienone is 1. The van der Waals surface area contributed by atoms with Crippen molar-refractivity contribution in [1.29, 1.82) is 0 Å². The standard InChI is InChI=1S/C28H39N3O7/c1-6-14(3)12-30-13-15-8-11-19(32)20-16(15)9-10-17(23(20)33)25(35)28(38)18(7-2)22(31(4)5)24(34)21(26(28)36)27(29)37/h8,11,14,18,22,30,32,34-35,38H,6-7,9-10,12-13H2,1-5H3,(H2,29,37)/b25-17-/t14?,18?,22-,28-/m0/s1. The van der Waals surface area contributed by atoms with Crippen LogP contribution in [0.4, 0.5) is 0 Å². The Morgan fingerprint density at radius 2 is 1.87 bits per heavy atom. The summed E-state index contributed by atoms with van der Waals surface area (Å²) in [5.41, 5.74) is 3.14. The van der Waals surface area contributed by atoms with E-state index in [2.05, 4.69) is 19.2 Å². The summed E-state index contributed by atoms with van der Waals surface area (Å²) in [6.45, 7) is 7.16. The van der Waals surface area contributed by atoms with Gasteiger partial charge in [0.2, 0.25) is 5.78 Å². The van der Waals surface area contributed by atoms with Crippen molar-refractivity contribution in [3.63, 3.8) is 0 Å². The molecule has 1 aromatic rings. The number of nitrogens with zero attached hydrogens (tertiary/aromatic N) is 1. The normalized spacial score (nSPS) is 26.0. The summed E-state index contributed by atoms with van der Waals surface area (Å²) in [7, 11) is 3.17. The van der Waals surface area contributed by atoms with Crippen LogP contribution in [0.1, 0.15) is 61.5 Å². The number of phenolic OH excluding ortho intramolecular Hbond substituents is 1. The number of amides is 1. The molecule has 7 N–H and O–H groups in total. The lowest BCUT2D eigenvalue weighted by Gasteiger charge is -2.45. The van der Waals surface area contributed by atoms with Crippen molar-refractivity contribution in [1.82, 2.24) is 10.2 Å². The van der Waals surface area contributed by atoms with E-state index < -0.39 is 52.1 Å². The number of phenols is 1. The van der Waals surface area contributed by atoms with Gasteiger partial charge in [-0.05, 0) is 63.0 Å². The summed E-state index contributed by atoms with van der Waals surface area (Å²) in [5, 5.41) is 47.9. The molecule has 0 spiro atoms. The largest absolute Gasteiger partial charge is 0.510 e. The number of carbonyl (C=O) groups is 3. The van der Waals surface area contributed by atoms with Gasteiger partial charge in [0.05, 0.1) is 11.6 Å². The number of aromatic hydroxyl groups is 1. The third-order valence-corrected chi connectivity index (χ3v) is 7.94. The maximum absolute atomic E-state index is 13.7. The van der Waals surface area contributed by atoms with Gasteiger partial charge in [-0.2, -0.15) is 0 Å². The molecule has 0 saturated heterocycles. The number of Topliss-reactive ketones (excluding diaryl/α,β-unsaturated/α-hetero) is 2. The molecule has 10 heteroatoms. The summed E-state index contributed by atoms with van der Waals surface area (Å²) >= 11 is 0. The Balaban J connectivity index is 2.12. The van der Waals surface area contributed by atoms with Gasteiger partial charge in [0, 0.05) is 18.0 Å². The molecule has 0 bridgehead atoms. The first kappa shape index (κ1) is 29.3. The molecule has 1 aromatic carbocycles. The number of nitrogens with two attached hydrogens (primary N) is 1. The van der Waals surface area contributed by atoms with E-state index in [-0.39, 0.29) is 36.1 Å². The second kappa shape index (κ2) is 11.3. The van der Waals surface area contributed by atoms with E-state index in [4.69, 9.17) is 5.73 Å². The molecular weight excluding hydrogens is 490 g/mol. The zero-order valence-electron chi connectivity index (χ0n) is 22.7. The Morgan fingerprint density at radius 3 is 2.42 bits per heavy atom. The van der Waals surface area contributed by atoms with Crippen LogP contribution in [0.3, 0.4) is 0 Å². The number of hydrogen-bond acceptors (Lipinski definition) is 9.